The van der Waals surface area contributed by atoms with Gasteiger partial charge >= 0.3 is 0 Å². The predicted octanol–water partition coefficient (Wildman–Crippen LogP) is 2.75. The van der Waals surface area contributed by atoms with E-state index in [0.717, 1.165) is 19.1 Å². The van der Waals surface area contributed by atoms with Crippen LogP contribution >= 0.6 is 0 Å². The largest absolute Gasteiger partial charge is 0.396 e. The minimum Gasteiger partial charge on any atom is -0.396 e. The van der Waals surface area contributed by atoms with Crippen molar-refractivity contribution in [1.82, 2.24) is 0 Å². The van der Waals surface area contributed by atoms with E-state index < -0.39 is 0 Å². The zero-order chi connectivity index (χ0) is 10.6. The van der Waals surface area contributed by atoms with Gasteiger partial charge in [0.1, 0.15) is 0 Å². The second-order valence-corrected chi connectivity index (χ2v) is 5.48. The third-order valence-electron chi connectivity index (χ3n) is 4.31. The lowest BCUT2D eigenvalue weighted by Gasteiger charge is -2.39. The van der Waals surface area contributed by atoms with E-state index in [0.29, 0.717) is 6.61 Å². The summed E-state index contributed by atoms with van der Waals surface area (Å²) in [6.45, 7) is 2.28. The van der Waals surface area contributed by atoms with Gasteiger partial charge < -0.3 is 9.84 Å². The molecule has 0 aromatic heterocycles. The van der Waals surface area contributed by atoms with Crippen molar-refractivity contribution in [3.05, 3.63) is 0 Å². The van der Waals surface area contributed by atoms with Gasteiger partial charge in [-0.3, -0.25) is 0 Å². The molecule has 0 amide bonds. The quantitative estimate of drug-likeness (QED) is 0.779. The van der Waals surface area contributed by atoms with Gasteiger partial charge in [0.15, 0.2) is 0 Å². The van der Waals surface area contributed by atoms with Crippen molar-refractivity contribution < 1.29 is 9.84 Å². The Balaban J connectivity index is 1.87. The van der Waals surface area contributed by atoms with E-state index in [4.69, 9.17) is 4.74 Å². The smallest absolute Gasteiger partial charge is 0.0487 e. The third-order valence-corrected chi connectivity index (χ3v) is 4.31. The van der Waals surface area contributed by atoms with Crippen LogP contribution in [0, 0.1) is 11.3 Å². The molecule has 0 aromatic rings. The predicted molar refractivity (Wildman–Crippen MR) is 60.8 cm³/mol. The molecule has 2 aliphatic rings. The van der Waals surface area contributed by atoms with Crippen molar-refractivity contribution in [2.24, 2.45) is 11.3 Å². The standard InChI is InChI=1S/C13H24O2/c14-11-13(6-2-1-3-7-13)10-12-4-8-15-9-5-12/h12,14H,1-11H2. The van der Waals surface area contributed by atoms with E-state index >= 15 is 0 Å². The first-order valence-electron chi connectivity index (χ1n) is 6.53. The Labute approximate surface area is 93.0 Å². The zero-order valence-electron chi connectivity index (χ0n) is 9.71. The zero-order valence-corrected chi connectivity index (χ0v) is 9.71. The first-order chi connectivity index (χ1) is 7.35. The molecule has 1 aliphatic heterocycles. The molecule has 0 bridgehead atoms. The van der Waals surface area contributed by atoms with Crippen molar-refractivity contribution in [2.45, 2.75) is 51.4 Å². The highest BCUT2D eigenvalue weighted by atomic mass is 16.5. The minimum atomic E-state index is 0.278. The molecule has 1 aliphatic carbocycles. The summed E-state index contributed by atoms with van der Waals surface area (Å²) >= 11 is 0. The molecule has 2 heteroatoms. The molecule has 0 aromatic carbocycles. The Morgan fingerprint density at radius 1 is 1.07 bits per heavy atom. The van der Waals surface area contributed by atoms with Crippen LogP contribution in [-0.2, 0) is 4.74 Å². The number of aliphatic hydroxyl groups is 1. The third kappa shape index (κ3) is 2.94. The van der Waals surface area contributed by atoms with Crippen molar-refractivity contribution in [3.63, 3.8) is 0 Å². The molecule has 0 unspecified atom stereocenters. The molecular formula is C13H24O2. The summed E-state index contributed by atoms with van der Waals surface area (Å²) in [5.74, 6) is 0.809. The van der Waals surface area contributed by atoms with E-state index in [1.807, 2.05) is 0 Å². The van der Waals surface area contributed by atoms with E-state index in [9.17, 15) is 5.11 Å². The molecular weight excluding hydrogens is 188 g/mol. The Morgan fingerprint density at radius 3 is 2.33 bits per heavy atom. The Bertz CT molecular complexity index is 179. The van der Waals surface area contributed by atoms with Gasteiger partial charge in [-0.25, -0.2) is 0 Å². The maximum absolute atomic E-state index is 9.64. The SMILES string of the molecule is OCC1(CC2CCOCC2)CCCCC1. The van der Waals surface area contributed by atoms with Gasteiger partial charge in [0, 0.05) is 19.8 Å². The fraction of sp³-hybridized carbons (Fsp3) is 1.00. The number of rotatable bonds is 3. The van der Waals surface area contributed by atoms with Gasteiger partial charge in [-0.2, -0.15) is 0 Å². The fourth-order valence-electron chi connectivity index (χ4n) is 3.29. The van der Waals surface area contributed by atoms with Gasteiger partial charge in [0.25, 0.3) is 0 Å². The summed E-state index contributed by atoms with van der Waals surface area (Å²) in [5, 5.41) is 9.64. The monoisotopic (exact) mass is 212 g/mol. The number of hydrogen-bond donors (Lipinski definition) is 1. The van der Waals surface area contributed by atoms with Crippen LogP contribution in [0.4, 0.5) is 0 Å². The van der Waals surface area contributed by atoms with Gasteiger partial charge in [-0.1, -0.05) is 19.3 Å². The molecule has 15 heavy (non-hydrogen) atoms. The summed E-state index contributed by atoms with van der Waals surface area (Å²) in [6, 6.07) is 0. The average molecular weight is 212 g/mol. The number of hydrogen-bond acceptors (Lipinski definition) is 2. The van der Waals surface area contributed by atoms with E-state index in [-0.39, 0.29) is 5.41 Å². The summed E-state index contributed by atoms with van der Waals surface area (Å²) in [6.07, 6.45) is 10.2. The number of ether oxygens (including phenoxy) is 1. The van der Waals surface area contributed by atoms with Crippen molar-refractivity contribution >= 4 is 0 Å². The normalized spacial score (nSPS) is 27.8. The molecule has 2 fully saturated rings. The molecule has 88 valence electrons. The second kappa shape index (κ2) is 5.31. The highest BCUT2D eigenvalue weighted by molar-refractivity contribution is 4.85. The van der Waals surface area contributed by atoms with Gasteiger partial charge in [0.2, 0.25) is 0 Å². The molecule has 0 spiro atoms. The molecule has 2 rings (SSSR count). The summed E-state index contributed by atoms with van der Waals surface area (Å²) in [7, 11) is 0. The lowest BCUT2D eigenvalue weighted by molar-refractivity contribution is 0.0138. The topological polar surface area (TPSA) is 29.5 Å². The minimum absolute atomic E-state index is 0.278. The molecule has 0 atom stereocenters. The van der Waals surface area contributed by atoms with Gasteiger partial charge in [-0.05, 0) is 43.4 Å². The molecule has 1 saturated carbocycles. The van der Waals surface area contributed by atoms with Crippen molar-refractivity contribution in [2.75, 3.05) is 19.8 Å². The second-order valence-electron chi connectivity index (χ2n) is 5.48. The van der Waals surface area contributed by atoms with Crippen LogP contribution in [0.25, 0.3) is 0 Å². The first kappa shape index (κ1) is 11.4. The van der Waals surface area contributed by atoms with E-state index in [1.165, 1.54) is 51.4 Å². The highest BCUT2D eigenvalue weighted by Gasteiger charge is 2.34. The van der Waals surface area contributed by atoms with Crippen LogP contribution in [0.5, 0.6) is 0 Å². The Hall–Kier alpha value is -0.0800. The van der Waals surface area contributed by atoms with Crippen LogP contribution in [-0.4, -0.2) is 24.9 Å². The van der Waals surface area contributed by atoms with Crippen molar-refractivity contribution in [3.8, 4) is 0 Å². The molecule has 1 N–H and O–H groups in total. The number of aliphatic hydroxyl groups excluding tert-OH is 1. The highest BCUT2D eigenvalue weighted by Crippen LogP contribution is 2.42. The van der Waals surface area contributed by atoms with Crippen LogP contribution in [0.2, 0.25) is 0 Å². The van der Waals surface area contributed by atoms with Gasteiger partial charge in [0.05, 0.1) is 0 Å². The molecule has 1 heterocycles. The molecule has 2 nitrogen and oxygen atoms in total. The van der Waals surface area contributed by atoms with Crippen molar-refractivity contribution in [1.29, 1.82) is 0 Å². The van der Waals surface area contributed by atoms with Crippen LogP contribution in [0.15, 0.2) is 0 Å². The Morgan fingerprint density at radius 2 is 1.73 bits per heavy atom. The van der Waals surface area contributed by atoms with E-state index in [1.54, 1.807) is 0 Å². The average Bonchev–Trinajstić information content (AvgIpc) is 2.32. The lowest BCUT2D eigenvalue weighted by Crippen LogP contribution is -2.32. The Kier molecular flexibility index (Phi) is 4.04. The molecule has 0 radical (unpaired) electrons. The van der Waals surface area contributed by atoms with Crippen LogP contribution < -0.4 is 0 Å². The van der Waals surface area contributed by atoms with Gasteiger partial charge in [-0.15, -0.1) is 0 Å². The summed E-state index contributed by atoms with van der Waals surface area (Å²) in [4.78, 5) is 0. The first-order valence-corrected chi connectivity index (χ1v) is 6.53. The summed E-state index contributed by atoms with van der Waals surface area (Å²) < 4.78 is 5.39. The van der Waals surface area contributed by atoms with E-state index in [2.05, 4.69) is 0 Å². The maximum atomic E-state index is 9.64. The molecule has 1 saturated heterocycles. The maximum Gasteiger partial charge on any atom is 0.0487 e. The fourth-order valence-corrected chi connectivity index (χ4v) is 3.29. The summed E-state index contributed by atoms with van der Waals surface area (Å²) in [5.41, 5.74) is 0.278. The van der Waals surface area contributed by atoms with Crippen LogP contribution in [0.3, 0.4) is 0 Å². The van der Waals surface area contributed by atoms with Crippen LogP contribution in [0.1, 0.15) is 51.4 Å². The lowest BCUT2D eigenvalue weighted by atomic mass is 9.68.